The molecule has 20 heavy (non-hydrogen) atoms. The first kappa shape index (κ1) is 13.0. The topological polar surface area (TPSA) is 38.7 Å². The molecular formula is C15H9Cl2N3. The van der Waals surface area contributed by atoms with Crippen LogP contribution in [0.4, 0.5) is 0 Å². The van der Waals surface area contributed by atoms with Gasteiger partial charge in [0, 0.05) is 17.8 Å². The molecule has 0 fully saturated rings. The Kier molecular flexibility index (Phi) is 3.63. The third-order valence-electron chi connectivity index (χ3n) is 2.72. The molecule has 0 aliphatic rings. The molecule has 1 aromatic carbocycles. The summed E-state index contributed by atoms with van der Waals surface area (Å²) in [6.07, 6.45) is 1.58. The van der Waals surface area contributed by atoms with Crippen molar-refractivity contribution in [2.75, 3.05) is 0 Å². The van der Waals surface area contributed by atoms with Gasteiger partial charge in [0.1, 0.15) is 5.15 Å². The average Bonchev–Trinajstić information content (AvgIpc) is 2.48. The molecule has 0 radical (unpaired) electrons. The van der Waals surface area contributed by atoms with Gasteiger partial charge in [0.25, 0.3) is 0 Å². The molecule has 0 atom stereocenters. The highest BCUT2D eigenvalue weighted by Gasteiger charge is 2.08. The molecule has 0 aliphatic heterocycles. The van der Waals surface area contributed by atoms with E-state index in [-0.39, 0.29) is 0 Å². The zero-order chi connectivity index (χ0) is 13.9. The summed E-state index contributed by atoms with van der Waals surface area (Å²) in [5.41, 5.74) is 2.28. The number of nitrogens with zero attached hydrogens (tertiary/aromatic N) is 3. The smallest absolute Gasteiger partial charge is 0.161 e. The fourth-order valence-corrected chi connectivity index (χ4v) is 2.09. The lowest BCUT2D eigenvalue weighted by atomic mass is 10.2. The van der Waals surface area contributed by atoms with Crippen molar-refractivity contribution in [3.05, 3.63) is 64.9 Å². The lowest BCUT2D eigenvalue weighted by molar-refractivity contribution is 1.16. The van der Waals surface area contributed by atoms with Crippen molar-refractivity contribution in [1.82, 2.24) is 15.0 Å². The van der Waals surface area contributed by atoms with Crippen LogP contribution in [0.3, 0.4) is 0 Å². The Hall–Kier alpha value is -1.97. The van der Waals surface area contributed by atoms with Crippen molar-refractivity contribution >= 4 is 23.2 Å². The quantitative estimate of drug-likeness (QED) is 0.654. The first-order valence-corrected chi connectivity index (χ1v) is 6.70. The lowest BCUT2D eigenvalue weighted by Gasteiger charge is -2.05. The highest BCUT2D eigenvalue weighted by molar-refractivity contribution is 6.30. The number of pyridine rings is 1. The van der Waals surface area contributed by atoms with Crippen molar-refractivity contribution in [3.63, 3.8) is 0 Å². The minimum atomic E-state index is 0.380. The Morgan fingerprint density at radius 2 is 1.60 bits per heavy atom. The zero-order valence-electron chi connectivity index (χ0n) is 10.3. The number of rotatable bonds is 2. The van der Waals surface area contributed by atoms with Crippen LogP contribution in [0.25, 0.3) is 22.8 Å². The molecule has 3 rings (SSSR count). The predicted molar refractivity (Wildman–Crippen MR) is 80.7 cm³/mol. The van der Waals surface area contributed by atoms with Gasteiger partial charge in [-0.15, -0.1) is 0 Å². The van der Waals surface area contributed by atoms with Gasteiger partial charge in [0.15, 0.2) is 5.82 Å². The fraction of sp³-hybridized carbons (Fsp3) is 0. The number of hydrogen-bond acceptors (Lipinski definition) is 3. The second-order valence-corrected chi connectivity index (χ2v) is 4.95. The molecular weight excluding hydrogens is 293 g/mol. The van der Waals surface area contributed by atoms with Crippen LogP contribution in [0.2, 0.25) is 10.2 Å². The van der Waals surface area contributed by atoms with E-state index in [1.165, 1.54) is 0 Å². The minimum absolute atomic E-state index is 0.380. The molecule has 0 amide bonds. The Morgan fingerprint density at radius 1 is 0.800 bits per heavy atom. The Labute approximate surface area is 126 Å². The summed E-state index contributed by atoms with van der Waals surface area (Å²) in [7, 11) is 0. The number of halogens is 2. The molecule has 0 bridgehead atoms. The van der Waals surface area contributed by atoms with Crippen LogP contribution in [0.15, 0.2) is 54.7 Å². The summed E-state index contributed by atoms with van der Waals surface area (Å²) in [6.45, 7) is 0. The standard InChI is InChI=1S/C15H9Cl2N3/c16-11-6-7-12(18-9-11)13-8-14(17)20-15(19-13)10-4-2-1-3-5-10/h1-9H. The van der Waals surface area contributed by atoms with Crippen LogP contribution in [0.1, 0.15) is 0 Å². The molecule has 98 valence electrons. The SMILES string of the molecule is Clc1ccc(-c2cc(Cl)nc(-c3ccccc3)n2)nc1. The largest absolute Gasteiger partial charge is 0.253 e. The molecule has 3 aromatic rings. The molecule has 2 heterocycles. The Balaban J connectivity index is 2.09. The second kappa shape index (κ2) is 5.57. The summed E-state index contributed by atoms with van der Waals surface area (Å²) in [4.78, 5) is 13.0. The van der Waals surface area contributed by atoms with E-state index in [4.69, 9.17) is 23.2 Å². The first-order valence-electron chi connectivity index (χ1n) is 5.94. The molecule has 0 spiro atoms. The van der Waals surface area contributed by atoms with Crippen molar-refractivity contribution in [2.24, 2.45) is 0 Å². The molecule has 0 unspecified atom stereocenters. The Morgan fingerprint density at radius 3 is 2.30 bits per heavy atom. The maximum atomic E-state index is 6.08. The van der Waals surface area contributed by atoms with Crippen molar-refractivity contribution < 1.29 is 0 Å². The highest BCUT2D eigenvalue weighted by Crippen LogP contribution is 2.23. The predicted octanol–water partition coefficient (Wildman–Crippen LogP) is 4.51. The van der Waals surface area contributed by atoms with E-state index < -0.39 is 0 Å². The van der Waals surface area contributed by atoms with E-state index in [9.17, 15) is 0 Å². The molecule has 0 saturated heterocycles. The third-order valence-corrected chi connectivity index (χ3v) is 3.13. The number of aromatic nitrogens is 3. The van der Waals surface area contributed by atoms with Gasteiger partial charge in [-0.25, -0.2) is 9.97 Å². The van der Waals surface area contributed by atoms with Gasteiger partial charge < -0.3 is 0 Å². The maximum absolute atomic E-state index is 6.08. The van der Waals surface area contributed by atoms with E-state index in [0.717, 1.165) is 5.56 Å². The van der Waals surface area contributed by atoms with E-state index in [1.54, 1.807) is 24.4 Å². The summed E-state index contributed by atoms with van der Waals surface area (Å²) in [5, 5.41) is 0.961. The third kappa shape index (κ3) is 2.79. The number of hydrogen-bond donors (Lipinski definition) is 0. The Bertz CT molecular complexity index is 728. The highest BCUT2D eigenvalue weighted by atomic mass is 35.5. The van der Waals surface area contributed by atoms with E-state index in [2.05, 4.69) is 15.0 Å². The summed E-state index contributed by atoms with van der Waals surface area (Å²) in [6, 6.07) is 14.9. The maximum Gasteiger partial charge on any atom is 0.161 e. The minimum Gasteiger partial charge on any atom is -0.253 e. The van der Waals surface area contributed by atoms with Gasteiger partial charge in [-0.05, 0) is 12.1 Å². The van der Waals surface area contributed by atoms with Gasteiger partial charge in [0.2, 0.25) is 0 Å². The van der Waals surface area contributed by atoms with Gasteiger partial charge >= 0.3 is 0 Å². The van der Waals surface area contributed by atoms with Crippen LogP contribution in [-0.4, -0.2) is 15.0 Å². The van der Waals surface area contributed by atoms with Crippen LogP contribution in [0, 0.1) is 0 Å². The fourth-order valence-electron chi connectivity index (χ4n) is 1.79. The summed E-state index contributed by atoms with van der Waals surface area (Å²) < 4.78 is 0. The molecule has 0 aliphatic carbocycles. The van der Waals surface area contributed by atoms with Gasteiger partial charge in [-0.3, -0.25) is 4.98 Å². The zero-order valence-corrected chi connectivity index (χ0v) is 11.8. The van der Waals surface area contributed by atoms with Gasteiger partial charge in [-0.2, -0.15) is 0 Å². The van der Waals surface area contributed by atoms with Crippen molar-refractivity contribution in [3.8, 4) is 22.8 Å². The number of benzene rings is 1. The second-order valence-electron chi connectivity index (χ2n) is 4.13. The first-order chi connectivity index (χ1) is 9.72. The van der Waals surface area contributed by atoms with E-state index >= 15 is 0 Å². The van der Waals surface area contributed by atoms with Crippen molar-refractivity contribution in [2.45, 2.75) is 0 Å². The van der Waals surface area contributed by atoms with Crippen LogP contribution in [-0.2, 0) is 0 Å². The molecule has 0 saturated carbocycles. The molecule has 0 N–H and O–H groups in total. The lowest BCUT2D eigenvalue weighted by Crippen LogP contribution is -1.94. The van der Waals surface area contributed by atoms with Crippen LogP contribution >= 0.6 is 23.2 Å². The molecule has 5 heteroatoms. The molecule has 3 nitrogen and oxygen atoms in total. The normalized spacial score (nSPS) is 10.5. The van der Waals surface area contributed by atoms with Crippen LogP contribution in [0.5, 0.6) is 0 Å². The van der Waals surface area contributed by atoms with Crippen molar-refractivity contribution in [1.29, 1.82) is 0 Å². The monoisotopic (exact) mass is 301 g/mol. The van der Waals surface area contributed by atoms with E-state index in [0.29, 0.717) is 27.4 Å². The summed E-state index contributed by atoms with van der Waals surface area (Å²) >= 11 is 11.9. The van der Waals surface area contributed by atoms with E-state index in [1.807, 2.05) is 30.3 Å². The summed E-state index contributed by atoms with van der Waals surface area (Å²) in [5.74, 6) is 0.574. The van der Waals surface area contributed by atoms with Gasteiger partial charge in [0.05, 0.1) is 16.4 Å². The van der Waals surface area contributed by atoms with Gasteiger partial charge in [-0.1, -0.05) is 53.5 Å². The van der Waals surface area contributed by atoms with Crippen LogP contribution < -0.4 is 0 Å². The molecule has 2 aromatic heterocycles. The average molecular weight is 302 g/mol.